The number of amides is 1. The van der Waals surface area contributed by atoms with Crippen LogP contribution in [0.15, 0.2) is 32.8 Å². The van der Waals surface area contributed by atoms with Crippen molar-refractivity contribution in [2.45, 2.75) is 36.0 Å². The number of carboxylic acid groups (broad SMARTS) is 1. The highest BCUT2D eigenvalue weighted by Crippen LogP contribution is 2.37. The van der Waals surface area contributed by atoms with Crippen LogP contribution in [0.3, 0.4) is 0 Å². The van der Waals surface area contributed by atoms with Crippen LogP contribution in [-0.4, -0.2) is 44.4 Å². The zero-order valence-corrected chi connectivity index (χ0v) is 16.0. The zero-order valence-electron chi connectivity index (χ0n) is 14.3. The largest absolute Gasteiger partial charge is 0.480 e. The second-order valence-corrected chi connectivity index (χ2v) is 7.86. The van der Waals surface area contributed by atoms with E-state index in [2.05, 4.69) is 4.98 Å². The molecule has 0 spiro atoms. The van der Waals surface area contributed by atoms with Gasteiger partial charge in [0.15, 0.2) is 4.34 Å². The number of carboxylic acids is 1. The molecule has 0 fully saturated rings. The van der Waals surface area contributed by atoms with Crippen LogP contribution in [0.5, 0.6) is 0 Å². The average Bonchev–Trinajstić information content (AvgIpc) is 2.96. The van der Waals surface area contributed by atoms with E-state index >= 15 is 0 Å². The lowest BCUT2D eigenvalue weighted by molar-refractivity contribution is -0.387. The smallest absolute Gasteiger partial charge is 0.323 e. The minimum atomic E-state index is -1.15. The van der Waals surface area contributed by atoms with Crippen LogP contribution in [0.4, 0.5) is 5.69 Å². The van der Waals surface area contributed by atoms with E-state index in [0.29, 0.717) is 9.24 Å². The normalized spacial score (nSPS) is 10.8. The first kappa shape index (κ1) is 19.9. The van der Waals surface area contributed by atoms with Crippen LogP contribution in [0.2, 0.25) is 0 Å². The molecule has 26 heavy (non-hydrogen) atoms. The summed E-state index contributed by atoms with van der Waals surface area (Å²) in [6, 6.07) is 3.79. The van der Waals surface area contributed by atoms with Crippen LogP contribution in [-0.2, 0) is 4.79 Å². The SMILES string of the molecule is Cc1csc(Sc2ccc(C(=O)N(CC(=O)O)C(C)C)cc2[N+](=O)[O-])n1. The van der Waals surface area contributed by atoms with E-state index in [0.717, 1.165) is 22.4 Å². The molecular weight excluding hydrogens is 378 g/mol. The fraction of sp³-hybridized carbons (Fsp3) is 0.312. The first-order valence-electron chi connectivity index (χ1n) is 7.60. The van der Waals surface area contributed by atoms with Gasteiger partial charge < -0.3 is 10.0 Å². The summed E-state index contributed by atoms with van der Waals surface area (Å²) in [6.07, 6.45) is 0. The molecule has 2 rings (SSSR count). The first-order chi connectivity index (χ1) is 12.2. The Balaban J connectivity index is 2.36. The monoisotopic (exact) mass is 395 g/mol. The molecule has 1 N–H and O–H groups in total. The predicted molar refractivity (Wildman–Crippen MR) is 97.9 cm³/mol. The molecule has 0 saturated carbocycles. The second kappa shape index (κ2) is 8.28. The first-order valence-corrected chi connectivity index (χ1v) is 9.30. The highest BCUT2D eigenvalue weighted by atomic mass is 32.2. The molecule has 0 aliphatic carbocycles. The highest BCUT2D eigenvalue weighted by molar-refractivity contribution is 8.01. The standard InChI is InChI=1S/C16H17N3O5S2/c1-9(2)18(7-14(20)21)15(22)11-4-5-13(12(6-11)19(23)24)26-16-17-10(3)8-25-16/h4-6,8-9H,7H2,1-3H3,(H,20,21). The van der Waals surface area contributed by atoms with Gasteiger partial charge in [-0.25, -0.2) is 4.98 Å². The molecule has 138 valence electrons. The Morgan fingerprint density at radius 2 is 2.12 bits per heavy atom. The van der Waals surface area contributed by atoms with E-state index in [1.165, 1.54) is 29.5 Å². The van der Waals surface area contributed by atoms with Gasteiger partial charge in [0.25, 0.3) is 11.6 Å². The number of thiazole rings is 1. The third-order valence-corrected chi connectivity index (χ3v) is 5.51. The van der Waals surface area contributed by atoms with Gasteiger partial charge in [0.05, 0.1) is 9.82 Å². The minimum Gasteiger partial charge on any atom is -0.480 e. The number of carbonyl (C=O) groups is 2. The Kier molecular flexibility index (Phi) is 6.32. The van der Waals surface area contributed by atoms with Gasteiger partial charge in [-0.05, 0) is 32.9 Å². The van der Waals surface area contributed by atoms with Gasteiger partial charge in [0.2, 0.25) is 0 Å². The van der Waals surface area contributed by atoms with Crippen molar-refractivity contribution in [1.29, 1.82) is 0 Å². The van der Waals surface area contributed by atoms with Crippen molar-refractivity contribution in [3.63, 3.8) is 0 Å². The van der Waals surface area contributed by atoms with Crippen LogP contribution in [0, 0.1) is 17.0 Å². The molecule has 0 unspecified atom stereocenters. The van der Waals surface area contributed by atoms with Crippen LogP contribution >= 0.6 is 23.1 Å². The molecule has 0 atom stereocenters. The summed E-state index contributed by atoms with van der Waals surface area (Å²) in [6.45, 7) is 4.73. The second-order valence-electron chi connectivity index (χ2n) is 5.72. The molecule has 1 amide bonds. The number of nitrogens with zero attached hydrogens (tertiary/aromatic N) is 3. The van der Waals surface area contributed by atoms with Crippen molar-refractivity contribution in [1.82, 2.24) is 9.88 Å². The Morgan fingerprint density at radius 1 is 1.42 bits per heavy atom. The van der Waals surface area contributed by atoms with Crippen molar-refractivity contribution >= 4 is 40.7 Å². The maximum Gasteiger partial charge on any atom is 0.323 e. The van der Waals surface area contributed by atoms with E-state index in [1.807, 2.05) is 12.3 Å². The third kappa shape index (κ3) is 4.79. The number of aryl methyl sites for hydroxylation is 1. The molecule has 2 aromatic rings. The van der Waals surface area contributed by atoms with Gasteiger partial charge in [0.1, 0.15) is 6.54 Å². The quantitative estimate of drug-likeness (QED) is 0.564. The van der Waals surface area contributed by atoms with Crippen molar-refractivity contribution in [3.8, 4) is 0 Å². The number of nitro groups is 1. The summed E-state index contributed by atoms with van der Waals surface area (Å²) in [5, 5.41) is 22.2. The van der Waals surface area contributed by atoms with Gasteiger partial charge in [-0.3, -0.25) is 19.7 Å². The summed E-state index contributed by atoms with van der Waals surface area (Å²) in [7, 11) is 0. The van der Waals surface area contributed by atoms with Crippen molar-refractivity contribution < 1.29 is 19.6 Å². The summed E-state index contributed by atoms with van der Waals surface area (Å²) in [5.74, 6) is -1.71. The summed E-state index contributed by atoms with van der Waals surface area (Å²) in [5.41, 5.74) is 0.687. The van der Waals surface area contributed by atoms with Gasteiger partial charge in [-0.1, -0.05) is 11.8 Å². The number of benzene rings is 1. The van der Waals surface area contributed by atoms with E-state index in [1.54, 1.807) is 13.8 Å². The molecule has 0 radical (unpaired) electrons. The molecule has 8 nitrogen and oxygen atoms in total. The molecule has 0 aliphatic heterocycles. The predicted octanol–water partition coefficient (Wildman–Crippen LogP) is 3.45. The van der Waals surface area contributed by atoms with Gasteiger partial charge in [-0.2, -0.15) is 0 Å². The van der Waals surface area contributed by atoms with Crippen LogP contribution in [0.25, 0.3) is 0 Å². The molecule has 0 saturated heterocycles. The van der Waals surface area contributed by atoms with Crippen LogP contribution in [0.1, 0.15) is 29.9 Å². The molecule has 0 bridgehead atoms. The summed E-state index contributed by atoms with van der Waals surface area (Å²) >= 11 is 2.54. The minimum absolute atomic E-state index is 0.0753. The number of hydrogen-bond acceptors (Lipinski definition) is 7. The molecule has 1 aromatic carbocycles. The molecule has 1 aromatic heterocycles. The van der Waals surface area contributed by atoms with E-state index in [9.17, 15) is 19.7 Å². The van der Waals surface area contributed by atoms with E-state index in [4.69, 9.17) is 5.11 Å². The zero-order chi connectivity index (χ0) is 19.4. The number of nitro benzene ring substituents is 1. The Morgan fingerprint density at radius 3 is 2.62 bits per heavy atom. The van der Waals surface area contributed by atoms with Gasteiger partial charge in [-0.15, -0.1) is 11.3 Å². The average molecular weight is 395 g/mol. The highest BCUT2D eigenvalue weighted by Gasteiger charge is 2.25. The van der Waals surface area contributed by atoms with E-state index < -0.39 is 23.3 Å². The van der Waals surface area contributed by atoms with Crippen molar-refractivity contribution in [3.05, 3.63) is 45.0 Å². The fourth-order valence-corrected chi connectivity index (χ4v) is 4.03. The fourth-order valence-electron chi connectivity index (χ4n) is 2.15. The summed E-state index contributed by atoms with van der Waals surface area (Å²) < 4.78 is 0.666. The van der Waals surface area contributed by atoms with E-state index in [-0.39, 0.29) is 17.3 Å². The van der Waals surface area contributed by atoms with Gasteiger partial charge >= 0.3 is 5.97 Å². The lowest BCUT2D eigenvalue weighted by Crippen LogP contribution is -2.40. The molecule has 1 heterocycles. The van der Waals surface area contributed by atoms with Gasteiger partial charge in [0, 0.05) is 28.7 Å². The Bertz CT molecular complexity index is 850. The Labute approximate surface area is 158 Å². The molecule has 0 aliphatic rings. The van der Waals surface area contributed by atoms with Crippen molar-refractivity contribution in [2.75, 3.05) is 6.54 Å². The Hall–Kier alpha value is -2.46. The number of hydrogen-bond donors (Lipinski definition) is 1. The topological polar surface area (TPSA) is 114 Å². The molecule has 10 heteroatoms. The lowest BCUT2D eigenvalue weighted by atomic mass is 10.1. The molecular formula is C16H17N3O5S2. The number of carbonyl (C=O) groups excluding carboxylic acids is 1. The number of aromatic nitrogens is 1. The number of rotatable bonds is 7. The van der Waals surface area contributed by atoms with Crippen molar-refractivity contribution in [2.24, 2.45) is 0 Å². The lowest BCUT2D eigenvalue weighted by Gasteiger charge is -2.24. The number of aliphatic carboxylic acids is 1. The third-order valence-electron chi connectivity index (χ3n) is 3.39. The summed E-state index contributed by atoms with van der Waals surface area (Å²) in [4.78, 5) is 40.2. The van der Waals surface area contributed by atoms with Crippen LogP contribution < -0.4 is 0 Å². The maximum absolute atomic E-state index is 12.6. The maximum atomic E-state index is 12.6.